The summed E-state index contributed by atoms with van der Waals surface area (Å²) < 4.78 is 14.4. The number of ether oxygens (including phenoxy) is 3. The molecule has 24 heavy (non-hydrogen) atoms. The van der Waals surface area contributed by atoms with E-state index in [1.54, 1.807) is 13.8 Å². The third kappa shape index (κ3) is 9.46. The third-order valence-electron chi connectivity index (χ3n) is 3.15. The molecule has 0 aromatic carbocycles. The number of hydrogen-bond donors (Lipinski definition) is 2. The van der Waals surface area contributed by atoms with Crippen molar-refractivity contribution in [1.82, 2.24) is 0 Å². The molecule has 2 N–H and O–H groups in total. The SMILES string of the molecule is CCOC(=O)CC(O)(CC(=O)OCCCCCCO)C(=O)OCC. The number of aliphatic hydroxyl groups is 2. The Morgan fingerprint density at radius 1 is 0.833 bits per heavy atom. The second-order valence-electron chi connectivity index (χ2n) is 5.27. The predicted molar refractivity (Wildman–Crippen MR) is 84.0 cm³/mol. The monoisotopic (exact) mass is 348 g/mol. The number of esters is 3. The molecule has 0 bridgehead atoms. The molecule has 0 rings (SSSR count). The maximum absolute atomic E-state index is 11.9. The van der Waals surface area contributed by atoms with Crippen LogP contribution in [0.25, 0.3) is 0 Å². The third-order valence-corrected chi connectivity index (χ3v) is 3.15. The second-order valence-corrected chi connectivity index (χ2v) is 5.27. The van der Waals surface area contributed by atoms with Gasteiger partial charge in [0.2, 0.25) is 0 Å². The second kappa shape index (κ2) is 12.7. The quantitative estimate of drug-likeness (QED) is 0.284. The summed E-state index contributed by atoms with van der Waals surface area (Å²) in [5.74, 6) is -2.65. The van der Waals surface area contributed by atoms with Gasteiger partial charge in [0.1, 0.15) is 0 Å². The highest BCUT2D eigenvalue weighted by molar-refractivity contribution is 5.90. The highest BCUT2D eigenvalue weighted by Crippen LogP contribution is 2.20. The van der Waals surface area contributed by atoms with Crippen molar-refractivity contribution in [2.75, 3.05) is 26.4 Å². The molecule has 1 atom stereocenters. The molecule has 8 nitrogen and oxygen atoms in total. The molecule has 0 aromatic heterocycles. The van der Waals surface area contributed by atoms with E-state index in [0.29, 0.717) is 12.8 Å². The first kappa shape index (κ1) is 22.3. The van der Waals surface area contributed by atoms with Crippen LogP contribution >= 0.6 is 0 Å². The molecule has 0 radical (unpaired) electrons. The summed E-state index contributed by atoms with van der Waals surface area (Å²) in [7, 11) is 0. The maximum atomic E-state index is 11.9. The number of hydrogen-bond acceptors (Lipinski definition) is 8. The molecule has 0 aliphatic carbocycles. The smallest absolute Gasteiger partial charge is 0.339 e. The molecule has 1 unspecified atom stereocenters. The van der Waals surface area contributed by atoms with Crippen LogP contribution in [0.5, 0.6) is 0 Å². The van der Waals surface area contributed by atoms with Crippen LogP contribution in [0.3, 0.4) is 0 Å². The standard InChI is InChI=1S/C16H28O8/c1-3-22-13(18)11-16(21,15(20)23-4-2)12-14(19)24-10-8-6-5-7-9-17/h17,21H,3-12H2,1-2H3. The van der Waals surface area contributed by atoms with Gasteiger partial charge in [-0.3, -0.25) is 9.59 Å². The zero-order valence-corrected chi connectivity index (χ0v) is 14.4. The lowest BCUT2D eigenvalue weighted by Crippen LogP contribution is -2.44. The van der Waals surface area contributed by atoms with E-state index in [0.717, 1.165) is 12.8 Å². The average Bonchev–Trinajstić information content (AvgIpc) is 2.51. The molecule has 0 spiro atoms. The first-order chi connectivity index (χ1) is 11.4. The number of carbonyl (C=O) groups excluding carboxylic acids is 3. The summed E-state index contributed by atoms with van der Waals surface area (Å²) in [6.07, 6.45) is 1.56. The number of carbonyl (C=O) groups is 3. The molecule has 140 valence electrons. The first-order valence-corrected chi connectivity index (χ1v) is 8.21. The molecule has 0 amide bonds. The highest BCUT2D eigenvalue weighted by Gasteiger charge is 2.43. The largest absolute Gasteiger partial charge is 0.466 e. The summed E-state index contributed by atoms with van der Waals surface area (Å²) in [6, 6.07) is 0. The minimum atomic E-state index is -2.30. The fourth-order valence-electron chi connectivity index (χ4n) is 1.97. The Morgan fingerprint density at radius 2 is 1.38 bits per heavy atom. The van der Waals surface area contributed by atoms with E-state index < -0.39 is 36.4 Å². The van der Waals surface area contributed by atoms with Gasteiger partial charge in [0.25, 0.3) is 0 Å². The topological polar surface area (TPSA) is 119 Å². The number of unbranched alkanes of at least 4 members (excludes halogenated alkanes) is 3. The molecule has 0 fully saturated rings. The molecular weight excluding hydrogens is 320 g/mol. The van der Waals surface area contributed by atoms with Gasteiger partial charge in [-0.1, -0.05) is 6.42 Å². The van der Waals surface area contributed by atoms with Crippen LogP contribution in [-0.4, -0.2) is 60.1 Å². The molecule has 0 aromatic rings. The van der Waals surface area contributed by atoms with Crippen LogP contribution < -0.4 is 0 Å². The summed E-state index contributed by atoms with van der Waals surface area (Å²) in [6.45, 7) is 3.50. The highest BCUT2D eigenvalue weighted by atomic mass is 16.6. The van der Waals surface area contributed by atoms with Crippen molar-refractivity contribution in [3.05, 3.63) is 0 Å². The van der Waals surface area contributed by atoms with Gasteiger partial charge >= 0.3 is 17.9 Å². The summed E-state index contributed by atoms with van der Waals surface area (Å²) in [5, 5.41) is 19.0. The van der Waals surface area contributed by atoms with Gasteiger partial charge in [-0.05, 0) is 33.1 Å². The van der Waals surface area contributed by atoms with Crippen LogP contribution in [0, 0.1) is 0 Å². The van der Waals surface area contributed by atoms with Crippen LogP contribution in [0.1, 0.15) is 52.4 Å². The van der Waals surface area contributed by atoms with Gasteiger partial charge in [0, 0.05) is 6.61 Å². The molecule has 0 aliphatic rings. The minimum absolute atomic E-state index is 0.00384. The lowest BCUT2D eigenvalue weighted by atomic mass is 9.95. The number of aliphatic hydroxyl groups excluding tert-OH is 1. The molecule has 0 aliphatic heterocycles. The van der Waals surface area contributed by atoms with E-state index in [1.807, 2.05) is 0 Å². The fraction of sp³-hybridized carbons (Fsp3) is 0.812. The van der Waals surface area contributed by atoms with E-state index in [2.05, 4.69) is 0 Å². The van der Waals surface area contributed by atoms with Crippen molar-refractivity contribution >= 4 is 17.9 Å². The summed E-state index contributed by atoms with van der Waals surface area (Å²) in [5.41, 5.74) is -2.30. The fourth-order valence-corrected chi connectivity index (χ4v) is 1.97. The maximum Gasteiger partial charge on any atom is 0.339 e. The van der Waals surface area contributed by atoms with E-state index in [-0.39, 0.29) is 26.4 Å². The van der Waals surface area contributed by atoms with Gasteiger partial charge in [-0.15, -0.1) is 0 Å². The van der Waals surface area contributed by atoms with E-state index in [1.165, 1.54) is 0 Å². The first-order valence-electron chi connectivity index (χ1n) is 8.21. The van der Waals surface area contributed by atoms with E-state index in [9.17, 15) is 19.5 Å². The Balaban J connectivity index is 4.49. The Kier molecular flexibility index (Phi) is 11.8. The van der Waals surface area contributed by atoms with Gasteiger partial charge in [0.15, 0.2) is 5.60 Å². The Hall–Kier alpha value is -1.67. The lowest BCUT2D eigenvalue weighted by molar-refractivity contribution is -0.177. The van der Waals surface area contributed by atoms with E-state index >= 15 is 0 Å². The van der Waals surface area contributed by atoms with Crippen molar-refractivity contribution in [3.63, 3.8) is 0 Å². The van der Waals surface area contributed by atoms with Crippen molar-refractivity contribution < 1.29 is 38.8 Å². The normalized spacial score (nSPS) is 13.0. The zero-order valence-electron chi connectivity index (χ0n) is 14.4. The van der Waals surface area contributed by atoms with Crippen LogP contribution in [-0.2, 0) is 28.6 Å². The van der Waals surface area contributed by atoms with Crippen LogP contribution in [0.4, 0.5) is 0 Å². The van der Waals surface area contributed by atoms with Gasteiger partial charge in [-0.25, -0.2) is 4.79 Å². The summed E-state index contributed by atoms with van der Waals surface area (Å²) >= 11 is 0. The predicted octanol–water partition coefficient (Wildman–Crippen LogP) is 0.720. The molecule has 0 saturated carbocycles. The van der Waals surface area contributed by atoms with Crippen molar-refractivity contribution in [1.29, 1.82) is 0 Å². The van der Waals surface area contributed by atoms with Crippen molar-refractivity contribution in [2.24, 2.45) is 0 Å². The zero-order chi connectivity index (χ0) is 18.4. The molecular formula is C16H28O8. The Labute approximate surface area is 142 Å². The van der Waals surface area contributed by atoms with Gasteiger partial charge in [-0.2, -0.15) is 0 Å². The van der Waals surface area contributed by atoms with Gasteiger partial charge in [0.05, 0.1) is 32.7 Å². The Bertz CT molecular complexity index is 396. The van der Waals surface area contributed by atoms with Crippen molar-refractivity contribution in [2.45, 2.75) is 58.0 Å². The molecule has 0 saturated heterocycles. The van der Waals surface area contributed by atoms with Gasteiger partial charge < -0.3 is 24.4 Å². The molecule has 0 heterocycles. The Morgan fingerprint density at radius 3 is 1.92 bits per heavy atom. The van der Waals surface area contributed by atoms with E-state index in [4.69, 9.17) is 19.3 Å². The lowest BCUT2D eigenvalue weighted by Gasteiger charge is -2.23. The van der Waals surface area contributed by atoms with Crippen molar-refractivity contribution in [3.8, 4) is 0 Å². The summed E-state index contributed by atoms with van der Waals surface area (Å²) in [4.78, 5) is 35.2. The molecule has 8 heteroatoms. The minimum Gasteiger partial charge on any atom is -0.466 e. The number of rotatable bonds is 13. The van der Waals surface area contributed by atoms with Crippen LogP contribution in [0.2, 0.25) is 0 Å². The average molecular weight is 348 g/mol. The van der Waals surface area contributed by atoms with Crippen LogP contribution in [0.15, 0.2) is 0 Å².